The molecular formula is C8H17NO2. The molecule has 0 aromatic heterocycles. The Bertz CT molecular complexity index is 136. The van der Waals surface area contributed by atoms with Crippen LogP contribution in [0.4, 0.5) is 0 Å². The van der Waals surface area contributed by atoms with Crippen molar-refractivity contribution in [1.29, 1.82) is 0 Å². The van der Waals surface area contributed by atoms with Gasteiger partial charge < -0.3 is 15.6 Å². The van der Waals surface area contributed by atoms with Crippen LogP contribution in [-0.4, -0.2) is 29.5 Å². The van der Waals surface area contributed by atoms with E-state index in [1.165, 1.54) is 0 Å². The van der Waals surface area contributed by atoms with Gasteiger partial charge in [0.1, 0.15) is 0 Å². The third-order valence-electron chi connectivity index (χ3n) is 2.17. The highest BCUT2D eigenvalue weighted by Gasteiger charge is 2.34. The molecule has 1 heterocycles. The molecule has 0 bridgehead atoms. The van der Waals surface area contributed by atoms with E-state index in [1.807, 2.05) is 13.8 Å². The second-order valence-corrected chi connectivity index (χ2v) is 3.76. The first-order valence-electron chi connectivity index (χ1n) is 4.11. The number of rotatable bonds is 2. The minimum absolute atomic E-state index is 0.0463. The molecule has 0 amide bonds. The van der Waals surface area contributed by atoms with Crippen molar-refractivity contribution in [3.05, 3.63) is 0 Å². The summed E-state index contributed by atoms with van der Waals surface area (Å²) in [7, 11) is 0. The van der Waals surface area contributed by atoms with Gasteiger partial charge in [-0.25, -0.2) is 0 Å². The summed E-state index contributed by atoms with van der Waals surface area (Å²) in [6.45, 7) is 4.37. The maximum Gasteiger partial charge on any atom is 0.0923 e. The van der Waals surface area contributed by atoms with E-state index in [0.717, 1.165) is 12.8 Å². The second kappa shape index (κ2) is 3.09. The molecule has 0 aromatic rings. The Morgan fingerprint density at radius 2 is 2.36 bits per heavy atom. The van der Waals surface area contributed by atoms with Crippen LogP contribution in [0, 0.1) is 0 Å². The summed E-state index contributed by atoms with van der Waals surface area (Å²) in [5, 5.41) is 9.34. The summed E-state index contributed by atoms with van der Waals surface area (Å²) in [5.74, 6) is 0. The molecule has 3 N–H and O–H groups in total. The molecule has 1 aliphatic rings. The number of nitrogens with two attached hydrogens (primary N) is 1. The standard InChI is InChI=1S/C8H17NO2/c1-8(2)4-3-7(11-8)6(10)5-9/h6-7,10H,3-5,9H2,1-2H3/t6-,7+/m1/s1. The Labute approximate surface area is 67.5 Å². The second-order valence-electron chi connectivity index (χ2n) is 3.76. The Balaban J connectivity index is 2.41. The number of ether oxygens (including phenoxy) is 1. The first-order valence-corrected chi connectivity index (χ1v) is 4.11. The zero-order valence-corrected chi connectivity index (χ0v) is 7.21. The Kier molecular flexibility index (Phi) is 2.52. The summed E-state index contributed by atoms with van der Waals surface area (Å²) in [4.78, 5) is 0. The lowest BCUT2D eigenvalue weighted by atomic mass is 10.0. The van der Waals surface area contributed by atoms with Crippen molar-refractivity contribution < 1.29 is 9.84 Å². The molecule has 1 aliphatic heterocycles. The van der Waals surface area contributed by atoms with Gasteiger partial charge in [-0.05, 0) is 26.7 Å². The fourth-order valence-electron chi connectivity index (χ4n) is 1.44. The SMILES string of the molecule is CC1(C)CC[C@@H]([C@H](O)CN)O1. The number of hydrogen-bond acceptors (Lipinski definition) is 3. The predicted octanol–water partition coefficient (Wildman–Crippen LogP) is 0.264. The van der Waals surface area contributed by atoms with Crippen LogP contribution in [0.1, 0.15) is 26.7 Å². The molecule has 1 saturated heterocycles. The summed E-state index contributed by atoms with van der Waals surface area (Å²) in [5.41, 5.74) is 5.24. The van der Waals surface area contributed by atoms with E-state index in [9.17, 15) is 5.11 Å². The minimum atomic E-state index is -0.489. The summed E-state index contributed by atoms with van der Waals surface area (Å²) < 4.78 is 5.57. The van der Waals surface area contributed by atoms with Gasteiger partial charge in [0.15, 0.2) is 0 Å². The normalized spacial score (nSPS) is 32.2. The first kappa shape index (κ1) is 8.97. The van der Waals surface area contributed by atoms with Gasteiger partial charge in [0.2, 0.25) is 0 Å². The fraction of sp³-hybridized carbons (Fsp3) is 1.00. The molecule has 1 fully saturated rings. The number of hydrogen-bond donors (Lipinski definition) is 2. The van der Waals surface area contributed by atoms with E-state index >= 15 is 0 Å². The highest BCUT2D eigenvalue weighted by molar-refractivity contribution is 4.84. The van der Waals surface area contributed by atoms with Gasteiger partial charge in [0.05, 0.1) is 17.8 Å². The summed E-state index contributed by atoms with van der Waals surface area (Å²) >= 11 is 0. The van der Waals surface area contributed by atoms with Crippen LogP contribution in [0.5, 0.6) is 0 Å². The van der Waals surface area contributed by atoms with Crippen molar-refractivity contribution in [1.82, 2.24) is 0 Å². The smallest absolute Gasteiger partial charge is 0.0923 e. The lowest BCUT2D eigenvalue weighted by Gasteiger charge is -2.21. The van der Waals surface area contributed by atoms with Gasteiger partial charge in [-0.1, -0.05) is 0 Å². The maximum absolute atomic E-state index is 9.34. The molecule has 3 nitrogen and oxygen atoms in total. The summed E-state index contributed by atoms with van der Waals surface area (Å²) in [6.07, 6.45) is 1.40. The molecule has 0 aromatic carbocycles. The van der Waals surface area contributed by atoms with Crippen molar-refractivity contribution in [2.45, 2.75) is 44.5 Å². The topological polar surface area (TPSA) is 55.5 Å². The Morgan fingerprint density at radius 1 is 1.73 bits per heavy atom. The van der Waals surface area contributed by atoms with Gasteiger partial charge in [0, 0.05) is 6.54 Å². The molecule has 0 spiro atoms. The fourth-order valence-corrected chi connectivity index (χ4v) is 1.44. The molecule has 11 heavy (non-hydrogen) atoms. The molecule has 0 aliphatic carbocycles. The van der Waals surface area contributed by atoms with Crippen molar-refractivity contribution in [3.63, 3.8) is 0 Å². The maximum atomic E-state index is 9.34. The van der Waals surface area contributed by atoms with E-state index in [1.54, 1.807) is 0 Å². The molecule has 2 atom stereocenters. The monoisotopic (exact) mass is 159 g/mol. The van der Waals surface area contributed by atoms with Gasteiger partial charge in [-0.2, -0.15) is 0 Å². The molecule has 0 unspecified atom stereocenters. The van der Waals surface area contributed by atoms with Crippen LogP contribution in [0.2, 0.25) is 0 Å². The van der Waals surface area contributed by atoms with Crippen molar-refractivity contribution in [3.8, 4) is 0 Å². The van der Waals surface area contributed by atoms with Crippen LogP contribution >= 0.6 is 0 Å². The third-order valence-corrected chi connectivity index (χ3v) is 2.17. The molecule has 3 heteroatoms. The zero-order valence-electron chi connectivity index (χ0n) is 7.21. The van der Waals surface area contributed by atoms with Crippen LogP contribution in [0.25, 0.3) is 0 Å². The van der Waals surface area contributed by atoms with Crippen molar-refractivity contribution in [2.24, 2.45) is 5.73 Å². The Hall–Kier alpha value is -0.120. The Morgan fingerprint density at radius 3 is 2.73 bits per heavy atom. The molecule has 66 valence electrons. The average Bonchev–Trinajstić information content (AvgIpc) is 2.29. The first-order chi connectivity index (χ1) is 5.05. The molecule has 0 saturated carbocycles. The van der Waals surface area contributed by atoms with E-state index in [4.69, 9.17) is 10.5 Å². The van der Waals surface area contributed by atoms with Gasteiger partial charge in [-0.3, -0.25) is 0 Å². The summed E-state index contributed by atoms with van der Waals surface area (Å²) in [6, 6.07) is 0. The predicted molar refractivity (Wildman–Crippen MR) is 43.2 cm³/mol. The molecule has 0 radical (unpaired) electrons. The van der Waals surface area contributed by atoms with E-state index in [2.05, 4.69) is 0 Å². The number of aliphatic hydroxyl groups excluding tert-OH is 1. The van der Waals surface area contributed by atoms with Gasteiger partial charge in [0.25, 0.3) is 0 Å². The quantitative estimate of drug-likeness (QED) is 0.608. The average molecular weight is 159 g/mol. The van der Waals surface area contributed by atoms with Gasteiger partial charge >= 0.3 is 0 Å². The minimum Gasteiger partial charge on any atom is -0.389 e. The van der Waals surface area contributed by atoms with Gasteiger partial charge in [-0.15, -0.1) is 0 Å². The third kappa shape index (κ3) is 2.15. The zero-order chi connectivity index (χ0) is 8.48. The lowest BCUT2D eigenvalue weighted by Crippen LogP contribution is -2.34. The highest BCUT2D eigenvalue weighted by atomic mass is 16.5. The van der Waals surface area contributed by atoms with E-state index in [-0.39, 0.29) is 11.7 Å². The number of aliphatic hydroxyl groups is 1. The van der Waals surface area contributed by atoms with Crippen LogP contribution in [0.3, 0.4) is 0 Å². The molecular weight excluding hydrogens is 142 g/mol. The van der Waals surface area contributed by atoms with Crippen molar-refractivity contribution >= 4 is 0 Å². The highest BCUT2D eigenvalue weighted by Crippen LogP contribution is 2.30. The van der Waals surface area contributed by atoms with Crippen LogP contribution < -0.4 is 5.73 Å². The van der Waals surface area contributed by atoms with E-state index in [0.29, 0.717) is 6.54 Å². The van der Waals surface area contributed by atoms with Crippen LogP contribution in [-0.2, 0) is 4.74 Å². The lowest BCUT2D eigenvalue weighted by molar-refractivity contribution is -0.0675. The van der Waals surface area contributed by atoms with E-state index < -0.39 is 6.10 Å². The van der Waals surface area contributed by atoms with Crippen molar-refractivity contribution in [2.75, 3.05) is 6.54 Å². The largest absolute Gasteiger partial charge is 0.389 e. The van der Waals surface area contributed by atoms with Crippen LogP contribution in [0.15, 0.2) is 0 Å². The molecule has 1 rings (SSSR count).